The number of carboxylic acids is 1. The Labute approximate surface area is 81.8 Å². The number of hydrogen-bond acceptors (Lipinski definition) is 3. The first-order valence-corrected chi connectivity index (χ1v) is 4.22. The predicted molar refractivity (Wildman–Crippen MR) is 49.5 cm³/mol. The second-order valence-corrected chi connectivity index (χ2v) is 3.07. The minimum absolute atomic E-state index is 0.306. The van der Waals surface area contributed by atoms with Crippen LogP contribution in [0.2, 0.25) is 0 Å². The fraction of sp³-hybridized carbons (Fsp3) is 0.300. The number of pyridine rings is 1. The average Bonchev–Trinajstić information content (AvgIpc) is 2.18. The number of carbonyl (C=O) groups is 1. The fourth-order valence-electron chi connectivity index (χ4n) is 1.12. The molecule has 0 aliphatic rings. The van der Waals surface area contributed by atoms with E-state index in [1.165, 1.54) is 6.20 Å². The first kappa shape index (κ1) is 10.2. The van der Waals surface area contributed by atoms with Crippen LogP contribution in [0.4, 0.5) is 0 Å². The Morgan fingerprint density at radius 1 is 1.79 bits per heavy atom. The van der Waals surface area contributed by atoms with E-state index in [1.807, 2.05) is 6.07 Å². The molecule has 1 heterocycles. The summed E-state index contributed by atoms with van der Waals surface area (Å²) in [5, 5.41) is 17.4. The normalized spacial score (nSPS) is 11.7. The van der Waals surface area contributed by atoms with Crippen molar-refractivity contribution in [2.24, 2.45) is 5.92 Å². The van der Waals surface area contributed by atoms with Gasteiger partial charge in [0.1, 0.15) is 11.8 Å². The van der Waals surface area contributed by atoms with E-state index in [4.69, 9.17) is 10.4 Å². The fourth-order valence-corrected chi connectivity index (χ4v) is 1.12. The highest BCUT2D eigenvalue weighted by molar-refractivity contribution is 5.70. The largest absolute Gasteiger partial charge is 0.481 e. The maximum absolute atomic E-state index is 10.6. The van der Waals surface area contributed by atoms with E-state index in [0.29, 0.717) is 17.7 Å². The van der Waals surface area contributed by atoms with Crippen LogP contribution >= 0.6 is 0 Å². The van der Waals surface area contributed by atoms with Crippen molar-refractivity contribution in [3.05, 3.63) is 29.6 Å². The number of carboxylic acid groups (broad SMARTS) is 1. The van der Waals surface area contributed by atoms with Crippen LogP contribution in [-0.4, -0.2) is 16.1 Å². The monoisotopic (exact) mass is 190 g/mol. The topological polar surface area (TPSA) is 74.0 Å². The summed E-state index contributed by atoms with van der Waals surface area (Å²) >= 11 is 0. The molecule has 1 aromatic rings. The zero-order valence-corrected chi connectivity index (χ0v) is 7.77. The van der Waals surface area contributed by atoms with Gasteiger partial charge in [-0.1, -0.05) is 13.0 Å². The van der Waals surface area contributed by atoms with E-state index in [-0.39, 0.29) is 0 Å². The molecular formula is C10H10N2O2. The van der Waals surface area contributed by atoms with Crippen LogP contribution in [0.5, 0.6) is 0 Å². The van der Waals surface area contributed by atoms with Gasteiger partial charge in [-0.25, -0.2) is 4.98 Å². The van der Waals surface area contributed by atoms with Gasteiger partial charge in [-0.3, -0.25) is 4.79 Å². The van der Waals surface area contributed by atoms with Crippen molar-refractivity contribution in [3.8, 4) is 6.07 Å². The zero-order chi connectivity index (χ0) is 10.6. The van der Waals surface area contributed by atoms with Gasteiger partial charge in [0.25, 0.3) is 0 Å². The molecule has 0 radical (unpaired) electrons. The van der Waals surface area contributed by atoms with Crippen LogP contribution in [0.25, 0.3) is 0 Å². The summed E-state index contributed by atoms with van der Waals surface area (Å²) in [4.78, 5) is 14.5. The van der Waals surface area contributed by atoms with Crippen LogP contribution < -0.4 is 0 Å². The van der Waals surface area contributed by atoms with Crippen molar-refractivity contribution >= 4 is 5.97 Å². The molecule has 1 unspecified atom stereocenters. The third-order valence-electron chi connectivity index (χ3n) is 1.94. The van der Waals surface area contributed by atoms with E-state index in [2.05, 4.69) is 4.98 Å². The van der Waals surface area contributed by atoms with Gasteiger partial charge in [0.2, 0.25) is 0 Å². The second-order valence-electron chi connectivity index (χ2n) is 3.07. The number of hydrogen-bond donors (Lipinski definition) is 1. The van der Waals surface area contributed by atoms with Crippen LogP contribution in [0.1, 0.15) is 18.2 Å². The minimum atomic E-state index is -0.863. The summed E-state index contributed by atoms with van der Waals surface area (Å²) in [6.45, 7) is 1.61. The minimum Gasteiger partial charge on any atom is -0.481 e. The SMILES string of the molecule is CC(Cc1cccnc1C#N)C(=O)O. The smallest absolute Gasteiger partial charge is 0.306 e. The van der Waals surface area contributed by atoms with Crippen LogP contribution in [0, 0.1) is 17.2 Å². The molecule has 1 rings (SSSR count). The molecular weight excluding hydrogens is 180 g/mol. The maximum atomic E-state index is 10.6. The van der Waals surface area contributed by atoms with Crippen molar-refractivity contribution in [1.82, 2.24) is 4.98 Å². The molecule has 0 aromatic carbocycles. The summed E-state index contributed by atoms with van der Waals surface area (Å²) < 4.78 is 0. The number of aliphatic carboxylic acids is 1. The lowest BCUT2D eigenvalue weighted by Gasteiger charge is -2.06. The van der Waals surface area contributed by atoms with Gasteiger partial charge in [0.05, 0.1) is 5.92 Å². The van der Waals surface area contributed by atoms with Crippen molar-refractivity contribution in [2.75, 3.05) is 0 Å². The molecule has 0 aliphatic heterocycles. The van der Waals surface area contributed by atoms with E-state index in [0.717, 1.165) is 0 Å². The Balaban J connectivity index is 2.87. The quantitative estimate of drug-likeness (QED) is 0.777. The van der Waals surface area contributed by atoms with Gasteiger partial charge < -0.3 is 5.11 Å². The molecule has 0 saturated carbocycles. The second kappa shape index (κ2) is 4.38. The van der Waals surface area contributed by atoms with Gasteiger partial charge in [0, 0.05) is 6.20 Å². The first-order valence-electron chi connectivity index (χ1n) is 4.22. The van der Waals surface area contributed by atoms with Crippen molar-refractivity contribution in [3.63, 3.8) is 0 Å². The predicted octanol–water partition coefficient (Wildman–Crippen LogP) is 1.22. The molecule has 0 saturated heterocycles. The molecule has 0 bridgehead atoms. The number of nitriles is 1. The summed E-state index contributed by atoms with van der Waals surface area (Å²) in [5.41, 5.74) is 0.991. The Morgan fingerprint density at radius 2 is 2.50 bits per heavy atom. The van der Waals surface area contributed by atoms with Crippen LogP contribution in [-0.2, 0) is 11.2 Å². The molecule has 0 amide bonds. The molecule has 4 nitrogen and oxygen atoms in total. The maximum Gasteiger partial charge on any atom is 0.306 e. The Kier molecular flexibility index (Phi) is 3.19. The van der Waals surface area contributed by atoms with Gasteiger partial charge in [-0.2, -0.15) is 5.26 Å². The van der Waals surface area contributed by atoms with E-state index in [1.54, 1.807) is 19.1 Å². The number of aromatic nitrogens is 1. The van der Waals surface area contributed by atoms with Crippen LogP contribution in [0.3, 0.4) is 0 Å². The molecule has 0 fully saturated rings. The van der Waals surface area contributed by atoms with Crippen molar-refractivity contribution in [1.29, 1.82) is 5.26 Å². The highest BCUT2D eigenvalue weighted by Crippen LogP contribution is 2.11. The molecule has 0 spiro atoms. The van der Waals surface area contributed by atoms with Crippen LogP contribution in [0.15, 0.2) is 18.3 Å². The molecule has 1 atom stereocenters. The third kappa shape index (κ3) is 2.30. The Hall–Kier alpha value is -1.89. The first-order chi connectivity index (χ1) is 6.65. The van der Waals surface area contributed by atoms with Crippen molar-refractivity contribution in [2.45, 2.75) is 13.3 Å². The Bertz CT molecular complexity index is 382. The molecule has 1 N–H and O–H groups in total. The lowest BCUT2D eigenvalue weighted by molar-refractivity contribution is -0.141. The highest BCUT2D eigenvalue weighted by atomic mass is 16.4. The highest BCUT2D eigenvalue weighted by Gasteiger charge is 2.13. The summed E-state index contributed by atoms with van der Waals surface area (Å²) in [6.07, 6.45) is 1.86. The van der Waals surface area contributed by atoms with E-state index < -0.39 is 11.9 Å². The van der Waals surface area contributed by atoms with E-state index >= 15 is 0 Å². The standard InChI is InChI=1S/C10H10N2O2/c1-7(10(13)14)5-8-3-2-4-12-9(8)6-11/h2-4,7H,5H2,1H3,(H,13,14). The molecule has 4 heteroatoms. The van der Waals surface area contributed by atoms with E-state index in [9.17, 15) is 4.79 Å². The number of nitrogens with zero attached hydrogens (tertiary/aromatic N) is 2. The molecule has 14 heavy (non-hydrogen) atoms. The zero-order valence-electron chi connectivity index (χ0n) is 7.77. The lowest BCUT2D eigenvalue weighted by atomic mass is 10.0. The molecule has 0 aliphatic carbocycles. The summed E-state index contributed by atoms with van der Waals surface area (Å²) in [6, 6.07) is 5.36. The third-order valence-corrected chi connectivity index (χ3v) is 1.94. The summed E-state index contributed by atoms with van der Waals surface area (Å²) in [7, 11) is 0. The lowest BCUT2D eigenvalue weighted by Crippen LogP contribution is -2.13. The molecule has 1 aromatic heterocycles. The number of rotatable bonds is 3. The average molecular weight is 190 g/mol. The summed E-state index contributed by atoms with van der Waals surface area (Å²) in [5.74, 6) is -1.36. The van der Waals surface area contributed by atoms with Gasteiger partial charge >= 0.3 is 5.97 Å². The van der Waals surface area contributed by atoms with Gasteiger partial charge in [0.15, 0.2) is 0 Å². The Morgan fingerprint density at radius 3 is 3.07 bits per heavy atom. The van der Waals surface area contributed by atoms with Gasteiger partial charge in [-0.15, -0.1) is 0 Å². The van der Waals surface area contributed by atoms with Crippen molar-refractivity contribution < 1.29 is 9.90 Å². The van der Waals surface area contributed by atoms with Gasteiger partial charge in [-0.05, 0) is 18.1 Å². The molecule has 72 valence electrons.